The fraction of sp³-hybridized carbons (Fsp3) is 0.417. The van der Waals surface area contributed by atoms with Crippen LogP contribution in [-0.4, -0.2) is 44.8 Å². The van der Waals surface area contributed by atoms with Gasteiger partial charge in [0.1, 0.15) is 0 Å². The maximum Gasteiger partial charge on any atom is 0.354 e. The van der Waals surface area contributed by atoms with E-state index in [9.17, 15) is 14.4 Å². The lowest BCUT2D eigenvalue weighted by molar-refractivity contribution is -0.140. The van der Waals surface area contributed by atoms with E-state index in [0.717, 1.165) is 15.7 Å². The van der Waals surface area contributed by atoms with Crippen LogP contribution < -0.4 is 16.7 Å². The average Bonchev–Trinajstić information content (AvgIpc) is 2.79. The third kappa shape index (κ3) is 6.45. The number of esters is 1. The second kappa shape index (κ2) is 11.3. The zero-order valence-corrected chi connectivity index (χ0v) is 20.4. The molecule has 1 aliphatic rings. The van der Waals surface area contributed by atoms with Crippen LogP contribution in [0.15, 0.2) is 57.8 Å². The van der Waals surface area contributed by atoms with Crippen molar-refractivity contribution in [3.8, 4) is 0 Å². The highest BCUT2D eigenvalue weighted by Crippen LogP contribution is 2.21. The number of hydrogen-bond acceptors (Lipinski definition) is 7. The minimum absolute atomic E-state index is 0.0118. The van der Waals surface area contributed by atoms with Crippen LogP contribution in [0, 0.1) is 6.92 Å². The van der Waals surface area contributed by atoms with Crippen LogP contribution in [0.4, 0.5) is 5.95 Å². The van der Waals surface area contributed by atoms with Crippen molar-refractivity contribution in [1.82, 2.24) is 14.1 Å². The van der Waals surface area contributed by atoms with Gasteiger partial charge in [0.2, 0.25) is 5.95 Å². The molecule has 0 saturated heterocycles. The van der Waals surface area contributed by atoms with E-state index in [1.165, 1.54) is 11.7 Å². The van der Waals surface area contributed by atoms with Gasteiger partial charge in [-0.15, -0.1) is 11.6 Å². The number of anilines is 1. The Bertz CT molecular complexity index is 1200. The molecule has 1 aromatic heterocycles. The Kier molecular flexibility index (Phi) is 8.46. The molecule has 3 rings (SSSR count). The summed E-state index contributed by atoms with van der Waals surface area (Å²) in [5.41, 5.74) is 1.17. The molecule has 0 spiro atoms. The number of aryl methyl sites for hydroxylation is 1. The number of alkyl halides is 1. The van der Waals surface area contributed by atoms with E-state index in [2.05, 4.69) is 15.0 Å². The highest BCUT2D eigenvalue weighted by Gasteiger charge is 2.22. The molecule has 1 aromatic carbocycles. The predicted molar refractivity (Wildman–Crippen MR) is 130 cm³/mol. The lowest BCUT2D eigenvalue weighted by Gasteiger charge is -2.24. The topological polar surface area (TPSA) is 104 Å². The van der Waals surface area contributed by atoms with Crippen LogP contribution in [0.3, 0.4) is 0 Å². The van der Waals surface area contributed by atoms with Gasteiger partial charge in [-0.3, -0.25) is 9.36 Å². The molecule has 0 saturated carbocycles. The molecule has 0 radical (unpaired) electrons. The maximum absolute atomic E-state index is 13.3. The minimum atomic E-state index is -0.764. The monoisotopic (exact) mass is 488 g/mol. The summed E-state index contributed by atoms with van der Waals surface area (Å²) in [6.45, 7) is 5.87. The maximum atomic E-state index is 13.3. The van der Waals surface area contributed by atoms with E-state index in [0.29, 0.717) is 5.70 Å². The third-order valence-corrected chi connectivity index (χ3v) is 5.56. The zero-order chi connectivity index (χ0) is 24.8. The Morgan fingerprint density at radius 3 is 2.53 bits per heavy atom. The van der Waals surface area contributed by atoms with Crippen molar-refractivity contribution >= 4 is 23.5 Å². The number of carbonyl (C=O) groups excluding carboxylic acids is 1. The van der Waals surface area contributed by atoms with Gasteiger partial charge in [-0.1, -0.05) is 35.9 Å². The molecule has 182 valence electrons. The van der Waals surface area contributed by atoms with E-state index in [1.54, 1.807) is 12.2 Å². The molecule has 2 atom stereocenters. The highest BCUT2D eigenvalue weighted by molar-refractivity contribution is 6.22. The van der Waals surface area contributed by atoms with E-state index < -0.39 is 22.7 Å². The fourth-order valence-corrected chi connectivity index (χ4v) is 3.69. The van der Waals surface area contributed by atoms with Gasteiger partial charge in [0.15, 0.2) is 0 Å². The van der Waals surface area contributed by atoms with Gasteiger partial charge in [0.25, 0.3) is 0 Å². The van der Waals surface area contributed by atoms with Crippen molar-refractivity contribution in [2.24, 2.45) is 0 Å². The standard InChI is InChI=1S/C24H29ClN4O5/c1-15(2)34-20-10-9-18(13-19(20)25)26-22-27-23(31)28(12-11-21(30)33-4)24(32)29(22)14-17-7-5-16(3)6-8-17/h5-10,13,15,19-20H,11-12,14H2,1-4H3,(H,26,27,31). The number of benzene rings is 1. The first-order valence-corrected chi connectivity index (χ1v) is 11.4. The van der Waals surface area contributed by atoms with Crippen LogP contribution in [0.2, 0.25) is 0 Å². The molecule has 10 heteroatoms. The van der Waals surface area contributed by atoms with Crippen LogP contribution >= 0.6 is 11.6 Å². The summed E-state index contributed by atoms with van der Waals surface area (Å²) in [6.07, 6.45) is 4.94. The summed E-state index contributed by atoms with van der Waals surface area (Å²) in [4.78, 5) is 41.6. The summed E-state index contributed by atoms with van der Waals surface area (Å²) in [7, 11) is 1.25. The first-order valence-electron chi connectivity index (χ1n) is 11.0. The molecular weight excluding hydrogens is 460 g/mol. The Labute approximate surface area is 202 Å². The fourth-order valence-electron chi connectivity index (χ4n) is 3.41. The lowest BCUT2D eigenvalue weighted by Crippen LogP contribution is -2.43. The predicted octanol–water partition coefficient (Wildman–Crippen LogP) is 2.59. The number of rotatable bonds is 9. The van der Waals surface area contributed by atoms with Crippen molar-refractivity contribution in [2.45, 2.75) is 57.9 Å². The SMILES string of the molecule is COC(=O)CCn1c(=O)nc(NC2=CC(Cl)C(OC(C)C)C=C2)n(Cc2ccc(C)cc2)c1=O. The quantitative estimate of drug-likeness (QED) is 0.427. The van der Waals surface area contributed by atoms with E-state index in [4.69, 9.17) is 16.3 Å². The number of nitrogens with zero attached hydrogens (tertiary/aromatic N) is 3. The summed E-state index contributed by atoms with van der Waals surface area (Å²) >= 11 is 6.45. The molecule has 2 aromatic rings. The molecule has 1 aliphatic carbocycles. The molecule has 9 nitrogen and oxygen atoms in total. The van der Waals surface area contributed by atoms with Crippen LogP contribution in [0.1, 0.15) is 31.4 Å². The van der Waals surface area contributed by atoms with Gasteiger partial charge in [-0.05, 0) is 38.5 Å². The number of halogens is 1. The molecule has 0 fully saturated rings. The number of aromatic nitrogens is 3. The summed E-state index contributed by atoms with van der Waals surface area (Å²) in [6, 6.07) is 7.68. The Morgan fingerprint density at radius 2 is 1.91 bits per heavy atom. The van der Waals surface area contributed by atoms with E-state index in [1.807, 2.05) is 51.1 Å². The average molecular weight is 489 g/mol. The summed E-state index contributed by atoms with van der Waals surface area (Å²) in [5.74, 6) is -0.449. The van der Waals surface area contributed by atoms with Crippen molar-refractivity contribution in [1.29, 1.82) is 0 Å². The second-order valence-corrected chi connectivity index (χ2v) is 8.75. The Balaban J connectivity index is 1.96. The van der Waals surface area contributed by atoms with Gasteiger partial charge in [0, 0.05) is 12.2 Å². The normalized spacial score (nSPS) is 17.5. The summed E-state index contributed by atoms with van der Waals surface area (Å²) < 4.78 is 12.7. The van der Waals surface area contributed by atoms with Crippen molar-refractivity contribution in [3.63, 3.8) is 0 Å². The molecule has 1 N–H and O–H groups in total. The van der Waals surface area contributed by atoms with Crippen molar-refractivity contribution in [3.05, 3.63) is 80.3 Å². The van der Waals surface area contributed by atoms with Crippen LogP contribution in [0.5, 0.6) is 0 Å². The smallest absolute Gasteiger partial charge is 0.354 e. The number of hydrogen-bond donors (Lipinski definition) is 1. The largest absolute Gasteiger partial charge is 0.469 e. The number of ether oxygens (including phenoxy) is 2. The lowest BCUT2D eigenvalue weighted by atomic mass is 10.1. The minimum Gasteiger partial charge on any atom is -0.469 e. The van der Waals surface area contributed by atoms with Gasteiger partial charge in [0.05, 0.1) is 37.7 Å². The molecule has 0 aliphatic heterocycles. The van der Waals surface area contributed by atoms with Crippen LogP contribution in [-0.2, 0) is 27.4 Å². The number of nitrogens with one attached hydrogen (secondary N) is 1. The number of methoxy groups -OCH3 is 1. The van der Waals surface area contributed by atoms with Gasteiger partial charge in [-0.2, -0.15) is 4.98 Å². The Hall–Kier alpha value is -3.17. The van der Waals surface area contributed by atoms with Gasteiger partial charge < -0.3 is 14.8 Å². The number of allylic oxidation sites excluding steroid dienone is 1. The van der Waals surface area contributed by atoms with E-state index >= 15 is 0 Å². The molecule has 0 bridgehead atoms. The molecule has 0 amide bonds. The molecule has 2 unspecified atom stereocenters. The van der Waals surface area contributed by atoms with E-state index in [-0.39, 0.29) is 37.7 Å². The first-order chi connectivity index (χ1) is 16.2. The highest BCUT2D eigenvalue weighted by atomic mass is 35.5. The van der Waals surface area contributed by atoms with Crippen molar-refractivity contribution < 1.29 is 14.3 Å². The van der Waals surface area contributed by atoms with Crippen molar-refractivity contribution in [2.75, 3.05) is 12.4 Å². The first kappa shape index (κ1) is 25.5. The second-order valence-electron chi connectivity index (χ2n) is 8.25. The molecular formula is C24H29ClN4O5. The van der Waals surface area contributed by atoms with Gasteiger partial charge >= 0.3 is 17.3 Å². The van der Waals surface area contributed by atoms with Gasteiger partial charge in [-0.25, -0.2) is 14.2 Å². The number of carbonyl (C=O) groups is 1. The molecule has 34 heavy (non-hydrogen) atoms. The third-order valence-electron chi connectivity index (χ3n) is 5.18. The Morgan fingerprint density at radius 1 is 1.21 bits per heavy atom. The molecule has 1 heterocycles. The zero-order valence-electron chi connectivity index (χ0n) is 19.7. The summed E-state index contributed by atoms with van der Waals surface area (Å²) in [5, 5.41) is 2.61. The van der Waals surface area contributed by atoms with Crippen LogP contribution in [0.25, 0.3) is 0 Å².